The van der Waals surface area contributed by atoms with Gasteiger partial charge in [-0.25, -0.2) is 9.50 Å². The molecule has 2 aliphatic rings. The number of thiophene rings is 1. The number of nitrogens with zero attached hydrogens (tertiary/aromatic N) is 3. The quantitative estimate of drug-likeness (QED) is 0.343. The number of aliphatic hydroxyl groups excluding tert-OH is 2. The van der Waals surface area contributed by atoms with Crippen LogP contribution in [0.15, 0.2) is 48.7 Å². The number of rotatable bonds is 3. The van der Waals surface area contributed by atoms with Crippen molar-refractivity contribution in [1.82, 2.24) is 14.6 Å². The van der Waals surface area contributed by atoms with Crippen molar-refractivity contribution < 1.29 is 10.2 Å². The summed E-state index contributed by atoms with van der Waals surface area (Å²) in [5.41, 5.74) is 7.41. The normalized spacial score (nSPS) is 25.1. The molecule has 34 heavy (non-hydrogen) atoms. The van der Waals surface area contributed by atoms with E-state index in [0.717, 1.165) is 73.4 Å². The molecule has 0 bridgehead atoms. The number of anilines is 1. The maximum absolute atomic E-state index is 9.88. The first-order valence-corrected chi connectivity index (χ1v) is 13.1. The summed E-state index contributed by atoms with van der Waals surface area (Å²) in [7, 11) is 0. The zero-order valence-corrected chi connectivity index (χ0v) is 20.1. The number of fused-ring (bicyclic) bond motifs is 2. The Morgan fingerprint density at radius 2 is 1.76 bits per heavy atom. The number of hydrogen-bond donors (Lipinski definition) is 4. The third-order valence-electron chi connectivity index (χ3n) is 6.73. The second-order valence-electron chi connectivity index (χ2n) is 9.52. The second kappa shape index (κ2) is 10.4. The van der Waals surface area contributed by atoms with Gasteiger partial charge in [0, 0.05) is 16.8 Å². The van der Waals surface area contributed by atoms with Gasteiger partial charge in [-0.1, -0.05) is 18.2 Å². The van der Waals surface area contributed by atoms with E-state index in [0.29, 0.717) is 0 Å². The Bertz CT molecular complexity index is 1200. The Kier molecular flexibility index (Phi) is 7.10. The summed E-state index contributed by atoms with van der Waals surface area (Å²) < 4.78 is 3.18. The molecule has 7 nitrogen and oxygen atoms in total. The lowest BCUT2D eigenvalue weighted by molar-refractivity contribution is 0.120. The lowest BCUT2D eigenvalue weighted by Crippen LogP contribution is -2.30. The Hall–Kier alpha value is -2.52. The van der Waals surface area contributed by atoms with Crippen LogP contribution in [-0.4, -0.2) is 49.1 Å². The van der Waals surface area contributed by atoms with Crippen LogP contribution in [-0.2, 0) is 0 Å². The largest absolute Gasteiger partial charge is 0.393 e. The van der Waals surface area contributed by atoms with Crippen molar-refractivity contribution in [3.63, 3.8) is 0 Å². The van der Waals surface area contributed by atoms with Crippen molar-refractivity contribution in [3.8, 4) is 10.6 Å². The molecule has 180 valence electrons. The van der Waals surface area contributed by atoms with Gasteiger partial charge in [0.2, 0.25) is 0 Å². The smallest absolute Gasteiger partial charge is 0.154 e. The molecule has 0 aliphatic heterocycles. The van der Waals surface area contributed by atoms with Crippen LogP contribution in [0, 0.1) is 0 Å². The fourth-order valence-electron chi connectivity index (χ4n) is 4.93. The molecule has 5 N–H and O–H groups in total. The van der Waals surface area contributed by atoms with Crippen LogP contribution >= 0.6 is 11.3 Å². The predicted molar refractivity (Wildman–Crippen MR) is 138 cm³/mol. The topological polar surface area (TPSA) is 109 Å². The van der Waals surface area contributed by atoms with Gasteiger partial charge in [0.1, 0.15) is 11.5 Å². The maximum Gasteiger partial charge on any atom is 0.154 e. The standard InChI is InChI=1S/C20H20N4OS.C6H13NO/c25-15-6-3-5-14(11-15)22-19-8-9-20-21-12-16(24(20)23-19)18-10-13-4-1-2-7-17(13)26-18;7-5-2-1-3-6(8)4-5/h1-2,4,7-10,12,14-15,25H,3,5-6,11H2,(H,22,23);5-6,8H,1-4,7H2/t14-,15+;5-,6+/m11/s1. The van der Waals surface area contributed by atoms with Crippen LogP contribution in [0.1, 0.15) is 51.4 Å². The predicted octanol–water partition coefficient (Wildman–Crippen LogP) is 4.58. The molecule has 0 radical (unpaired) electrons. The fraction of sp³-hybridized carbons (Fsp3) is 0.462. The van der Waals surface area contributed by atoms with Gasteiger partial charge in [0.05, 0.1) is 23.3 Å². The highest BCUT2D eigenvalue weighted by atomic mass is 32.1. The molecule has 0 unspecified atom stereocenters. The summed E-state index contributed by atoms with van der Waals surface area (Å²) in [5.74, 6) is 0.831. The first kappa shape index (κ1) is 23.2. The molecule has 3 aromatic heterocycles. The van der Waals surface area contributed by atoms with Crippen LogP contribution in [0.25, 0.3) is 26.3 Å². The number of nitrogens with two attached hydrogens (primary N) is 1. The summed E-state index contributed by atoms with van der Waals surface area (Å²) in [6.07, 6.45) is 9.35. The average molecular weight is 480 g/mol. The van der Waals surface area contributed by atoms with Crippen LogP contribution in [0.3, 0.4) is 0 Å². The summed E-state index contributed by atoms with van der Waals surface area (Å²) in [4.78, 5) is 5.67. The zero-order chi connectivity index (χ0) is 23.5. The molecule has 0 amide bonds. The Morgan fingerprint density at radius 1 is 0.971 bits per heavy atom. The number of hydrogen-bond acceptors (Lipinski definition) is 7. The van der Waals surface area contributed by atoms with E-state index >= 15 is 0 Å². The SMILES string of the molecule is N[C@@H]1CCC[C@H](O)C1.O[C@H]1CCC[C@@H](Nc2ccc3ncc(-c4cc5ccccc5s4)n3n2)C1. The van der Waals surface area contributed by atoms with E-state index in [1.54, 1.807) is 11.3 Å². The summed E-state index contributed by atoms with van der Waals surface area (Å²) in [5, 5.41) is 28.4. The van der Waals surface area contributed by atoms with Crippen molar-refractivity contribution in [1.29, 1.82) is 0 Å². The molecular weight excluding hydrogens is 446 g/mol. The molecule has 1 aromatic carbocycles. The molecule has 3 heterocycles. The average Bonchev–Trinajstić information content (AvgIpc) is 3.43. The van der Waals surface area contributed by atoms with E-state index < -0.39 is 0 Å². The fourth-order valence-corrected chi connectivity index (χ4v) is 5.99. The molecule has 2 aliphatic carbocycles. The lowest BCUT2D eigenvalue weighted by atomic mass is 9.93. The van der Waals surface area contributed by atoms with Crippen LogP contribution < -0.4 is 11.1 Å². The molecule has 8 heteroatoms. The first-order valence-electron chi connectivity index (χ1n) is 12.3. The van der Waals surface area contributed by atoms with Crippen LogP contribution in [0.4, 0.5) is 5.82 Å². The van der Waals surface area contributed by atoms with Gasteiger partial charge in [0.15, 0.2) is 5.65 Å². The molecule has 6 rings (SSSR count). The van der Waals surface area contributed by atoms with Gasteiger partial charge in [-0.3, -0.25) is 0 Å². The van der Waals surface area contributed by atoms with Crippen molar-refractivity contribution in [3.05, 3.63) is 48.7 Å². The van der Waals surface area contributed by atoms with Gasteiger partial charge in [-0.15, -0.1) is 16.4 Å². The second-order valence-corrected chi connectivity index (χ2v) is 10.6. The van der Waals surface area contributed by atoms with Gasteiger partial charge in [0.25, 0.3) is 0 Å². The maximum atomic E-state index is 9.88. The molecule has 0 spiro atoms. The van der Waals surface area contributed by atoms with E-state index in [2.05, 4.69) is 40.6 Å². The van der Waals surface area contributed by atoms with Crippen LogP contribution in [0.5, 0.6) is 0 Å². The monoisotopic (exact) mass is 479 g/mol. The minimum absolute atomic E-state index is 0.112. The highest BCUT2D eigenvalue weighted by Crippen LogP contribution is 2.33. The van der Waals surface area contributed by atoms with Crippen molar-refractivity contribution in [2.24, 2.45) is 5.73 Å². The van der Waals surface area contributed by atoms with E-state index in [1.807, 2.05) is 22.8 Å². The number of nitrogens with one attached hydrogen (secondary N) is 1. The van der Waals surface area contributed by atoms with Gasteiger partial charge in [-0.05, 0) is 81.0 Å². The van der Waals surface area contributed by atoms with Gasteiger partial charge in [-0.2, -0.15) is 0 Å². The third-order valence-corrected chi connectivity index (χ3v) is 7.86. The molecular formula is C26H33N5O2S. The van der Waals surface area contributed by atoms with Crippen molar-refractivity contribution in [2.75, 3.05) is 5.32 Å². The number of imidazole rings is 1. The van der Waals surface area contributed by atoms with Gasteiger partial charge >= 0.3 is 0 Å². The third kappa shape index (κ3) is 5.41. The highest BCUT2D eigenvalue weighted by molar-refractivity contribution is 7.22. The van der Waals surface area contributed by atoms with Crippen molar-refractivity contribution in [2.45, 2.75) is 75.7 Å². The van der Waals surface area contributed by atoms with E-state index in [1.165, 1.54) is 10.1 Å². The highest BCUT2D eigenvalue weighted by Gasteiger charge is 2.21. The van der Waals surface area contributed by atoms with E-state index in [4.69, 9.17) is 15.9 Å². The Balaban J connectivity index is 0.000000257. The van der Waals surface area contributed by atoms with Crippen molar-refractivity contribution >= 4 is 32.9 Å². The number of benzene rings is 1. The molecule has 2 saturated carbocycles. The van der Waals surface area contributed by atoms with E-state index in [-0.39, 0.29) is 24.3 Å². The zero-order valence-electron chi connectivity index (χ0n) is 19.3. The first-order chi connectivity index (χ1) is 16.5. The summed E-state index contributed by atoms with van der Waals surface area (Å²) in [6.45, 7) is 0. The summed E-state index contributed by atoms with van der Waals surface area (Å²) >= 11 is 1.76. The number of aromatic nitrogens is 3. The summed E-state index contributed by atoms with van der Waals surface area (Å²) in [6, 6.07) is 15.1. The van der Waals surface area contributed by atoms with Crippen LogP contribution in [0.2, 0.25) is 0 Å². The molecule has 4 atom stereocenters. The van der Waals surface area contributed by atoms with Gasteiger partial charge < -0.3 is 21.3 Å². The molecule has 0 saturated heterocycles. The number of aliphatic hydroxyl groups is 2. The lowest BCUT2D eigenvalue weighted by Gasteiger charge is -2.26. The Labute approximate surface area is 203 Å². The Morgan fingerprint density at radius 3 is 2.50 bits per heavy atom. The molecule has 4 aromatic rings. The van der Waals surface area contributed by atoms with E-state index in [9.17, 15) is 5.11 Å². The molecule has 2 fully saturated rings. The minimum atomic E-state index is -0.202. The minimum Gasteiger partial charge on any atom is -0.393 e.